The molecule has 0 bridgehead atoms. The minimum absolute atomic E-state index is 0.0344. The molecule has 37 heavy (non-hydrogen) atoms. The van der Waals surface area contributed by atoms with Crippen molar-refractivity contribution >= 4 is 17.7 Å². The maximum Gasteiger partial charge on any atom is 0.404 e. The number of nitrogens with zero attached hydrogens (tertiary/aromatic N) is 2. The van der Waals surface area contributed by atoms with Crippen LogP contribution in [0, 0.1) is 23.0 Å². The maximum atomic E-state index is 14.5. The second kappa shape index (κ2) is 11.4. The van der Waals surface area contributed by atoms with Gasteiger partial charge in [0.15, 0.2) is 11.6 Å². The summed E-state index contributed by atoms with van der Waals surface area (Å²) in [6, 6.07) is 20.9. The van der Waals surface area contributed by atoms with Gasteiger partial charge in [0.05, 0.1) is 11.6 Å². The van der Waals surface area contributed by atoms with E-state index in [2.05, 4.69) is 10.3 Å². The number of carboxylic acid groups (broad SMARTS) is 1. The van der Waals surface area contributed by atoms with Gasteiger partial charge in [0, 0.05) is 17.6 Å². The van der Waals surface area contributed by atoms with Gasteiger partial charge in [-0.3, -0.25) is 0 Å². The molecule has 10 heteroatoms. The van der Waals surface area contributed by atoms with Crippen LogP contribution in [0.2, 0.25) is 5.02 Å². The van der Waals surface area contributed by atoms with Crippen molar-refractivity contribution in [3.8, 4) is 34.7 Å². The molecule has 1 amide bonds. The van der Waals surface area contributed by atoms with Gasteiger partial charge in [-0.2, -0.15) is 10.2 Å². The Balaban J connectivity index is 1.59. The highest BCUT2D eigenvalue weighted by Gasteiger charge is 2.16. The van der Waals surface area contributed by atoms with E-state index in [1.807, 2.05) is 6.07 Å². The predicted octanol–water partition coefficient (Wildman–Crippen LogP) is 6.69. The SMILES string of the molecule is N#Cc1cc(Oc2nc(OCc3ccc(Cl)cc3)c(F)cc2F)cc(-c2cccc(CNC(=O)O)c2)c1. The number of halogens is 3. The molecule has 1 heterocycles. The molecule has 0 radical (unpaired) electrons. The standard InChI is InChI=1S/C27H18ClF2N3O4/c28-21-6-4-16(5-7-21)15-36-25-23(29)12-24(30)26(33-25)37-22-10-18(13-31)9-20(11-22)19-3-1-2-17(8-19)14-32-27(34)35/h1-12,32H,14-15H2,(H,34,35). The van der Waals surface area contributed by atoms with Crippen LogP contribution < -0.4 is 14.8 Å². The summed E-state index contributed by atoms with van der Waals surface area (Å²) in [6.07, 6.45) is -1.15. The molecule has 0 unspecified atom stereocenters. The fraction of sp³-hybridized carbons (Fsp3) is 0.0741. The molecule has 7 nitrogen and oxygen atoms in total. The molecule has 2 N–H and O–H groups in total. The van der Waals surface area contributed by atoms with Crippen LogP contribution in [-0.2, 0) is 13.2 Å². The highest BCUT2D eigenvalue weighted by molar-refractivity contribution is 6.30. The van der Waals surface area contributed by atoms with Crippen LogP contribution >= 0.6 is 11.6 Å². The van der Waals surface area contributed by atoms with Crippen molar-refractivity contribution < 1.29 is 28.2 Å². The molecular weight excluding hydrogens is 504 g/mol. The number of nitriles is 1. The minimum Gasteiger partial charge on any atom is -0.471 e. The van der Waals surface area contributed by atoms with E-state index in [1.165, 1.54) is 6.07 Å². The van der Waals surface area contributed by atoms with Gasteiger partial charge in [-0.1, -0.05) is 41.9 Å². The molecule has 0 aliphatic carbocycles. The molecule has 4 rings (SSSR count). The Hall–Kier alpha value is -4.68. The Morgan fingerprint density at radius 3 is 2.46 bits per heavy atom. The molecule has 0 atom stereocenters. The summed E-state index contributed by atoms with van der Waals surface area (Å²) in [5.74, 6) is -2.96. The van der Waals surface area contributed by atoms with E-state index in [-0.39, 0.29) is 24.5 Å². The largest absolute Gasteiger partial charge is 0.471 e. The molecule has 0 aliphatic rings. The lowest BCUT2D eigenvalue weighted by molar-refractivity contribution is 0.194. The highest BCUT2D eigenvalue weighted by atomic mass is 35.5. The van der Waals surface area contributed by atoms with Crippen LogP contribution in [0.1, 0.15) is 16.7 Å². The lowest BCUT2D eigenvalue weighted by Gasteiger charge is -2.12. The van der Waals surface area contributed by atoms with E-state index in [1.54, 1.807) is 60.7 Å². The first-order valence-corrected chi connectivity index (χ1v) is 11.2. The average Bonchev–Trinajstić information content (AvgIpc) is 2.89. The monoisotopic (exact) mass is 521 g/mol. The Morgan fingerprint density at radius 2 is 1.73 bits per heavy atom. The second-order valence-electron chi connectivity index (χ2n) is 7.80. The zero-order chi connectivity index (χ0) is 26.4. The molecule has 0 aliphatic heterocycles. The van der Waals surface area contributed by atoms with Crippen molar-refractivity contribution in [2.45, 2.75) is 13.2 Å². The van der Waals surface area contributed by atoms with Gasteiger partial charge < -0.3 is 19.9 Å². The van der Waals surface area contributed by atoms with Crippen molar-refractivity contribution in [1.29, 1.82) is 5.26 Å². The normalized spacial score (nSPS) is 10.4. The first kappa shape index (κ1) is 25.4. The van der Waals surface area contributed by atoms with Crippen molar-refractivity contribution in [3.05, 3.63) is 106 Å². The minimum atomic E-state index is -1.15. The number of rotatable bonds is 8. The van der Waals surface area contributed by atoms with E-state index in [9.17, 15) is 18.8 Å². The first-order valence-electron chi connectivity index (χ1n) is 10.8. The number of amides is 1. The number of hydrogen-bond acceptors (Lipinski definition) is 5. The summed E-state index contributed by atoms with van der Waals surface area (Å²) in [6.45, 7) is 0.0568. The third kappa shape index (κ3) is 6.72. The highest BCUT2D eigenvalue weighted by Crippen LogP contribution is 2.32. The zero-order valence-electron chi connectivity index (χ0n) is 19.0. The van der Waals surface area contributed by atoms with Gasteiger partial charge in [-0.15, -0.1) is 0 Å². The number of ether oxygens (including phenoxy) is 2. The van der Waals surface area contributed by atoms with E-state index in [0.717, 1.165) is 0 Å². The number of hydrogen-bond donors (Lipinski definition) is 2. The van der Waals surface area contributed by atoms with Crippen molar-refractivity contribution in [2.75, 3.05) is 0 Å². The molecule has 0 saturated heterocycles. The lowest BCUT2D eigenvalue weighted by Crippen LogP contribution is -2.19. The molecule has 186 valence electrons. The number of aromatic nitrogens is 1. The van der Waals surface area contributed by atoms with Crippen LogP contribution in [0.4, 0.5) is 13.6 Å². The smallest absolute Gasteiger partial charge is 0.404 e. The van der Waals surface area contributed by atoms with Crippen LogP contribution in [0.25, 0.3) is 11.1 Å². The summed E-state index contributed by atoms with van der Waals surface area (Å²) in [4.78, 5) is 14.6. The molecular formula is C27H18ClF2N3O4. The molecule has 4 aromatic rings. The lowest BCUT2D eigenvalue weighted by atomic mass is 10.0. The summed E-state index contributed by atoms with van der Waals surface area (Å²) in [7, 11) is 0. The van der Waals surface area contributed by atoms with Gasteiger partial charge in [-0.25, -0.2) is 13.6 Å². The second-order valence-corrected chi connectivity index (χ2v) is 8.23. The van der Waals surface area contributed by atoms with Crippen LogP contribution in [0.5, 0.6) is 17.5 Å². The van der Waals surface area contributed by atoms with Crippen LogP contribution in [-0.4, -0.2) is 16.2 Å². The summed E-state index contributed by atoms with van der Waals surface area (Å²) >= 11 is 5.86. The number of nitrogens with one attached hydrogen (secondary N) is 1. The topological polar surface area (TPSA) is 104 Å². The molecule has 1 aromatic heterocycles. The first-order chi connectivity index (χ1) is 17.8. The molecule has 0 spiro atoms. The van der Waals surface area contributed by atoms with Gasteiger partial charge in [0.2, 0.25) is 0 Å². The quantitative estimate of drug-likeness (QED) is 0.267. The third-order valence-electron chi connectivity index (χ3n) is 5.11. The number of carbonyl (C=O) groups is 1. The van der Waals surface area contributed by atoms with Crippen LogP contribution in [0.3, 0.4) is 0 Å². The summed E-state index contributed by atoms with van der Waals surface area (Å²) < 4.78 is 39.8. The number of benzene rings is 3. The number of pyridine rings is 1. The Morgan fingerprint density at radius 1 is 0.973 bits per heavy atom. The molecule has 0 saturated carbocycles. The third-order valence-corrected chi connectivity index (χ3v) is 5.36. The van der Waals surface area contributed by atoms with Gasteiger partial charge in [0.1, 0.15) is 12.4 Å². The maximum absolute atomic E-state index is 14.5. The summed E-state index contributed by atoms with van der Waals surface area (Å²) in [5.41, 5.74) is 2.85. The fourth-order valence-electron chi connectivity index (χ4n) is 3.38. The molecule has 3 aromatic carbocycles. The molecule has 0 fully saturated rings. The van der Waals surface area contributed by atoms with E-state index in [0.29, 0.717) is 33.3 Å². The van der Waals surface area contributed by atoms with Gasteiger partial charge in [-0.05, 0) is 58.7 Å². The Bertz CT molecular complexity index is 1490. The van der Waals surface area contributed by atoms with Crippen molar-refractivity contribution in [3.63, 3.8) is 0 Å². The van der Waals surface area contributed by atoms with E-state index < -0.39 is 29.5 Å². The zero-order valence-corrected chi connectivity index (χ0v) is 19.8. The Kier molecular flexibility index (Phi) is 7.81. The van der Waals surface area contributed by atoms with Crippen molar-refractivity contribution in [2.24, 2.45) is 0 Å². The van der Waals surface area contributed by atoms with Crippen molar-refractivity contribution in [1.82, 2.24) is 10.3 Å². The average molecular weight is 522 g/mol. The van der Waals surface area contributed by atoms with Crippen LogP contribution in [0.15, 0.2) is 72.8 Å². The fourth-order valence-corrected chi connectivity index (χ4v) is 3.50. The van der Waals surface area contributed by atoms with E-state index >= 15 is 0 Å². The van der Waals surface area contributed by atoms with Gasteiger partial charge >= 0.3 is 6.09 Å². The van der Waals surface area contributed by atoms with E-state index in [4.69, 9.17) is 26.2 Å². The summed E-state index contributed by atoms with van der Waals surface area (Å²) in [5, 5.41) is 21.1. The van der Waals surface area contributed by atoms with Gasteiger partial charge in [0.25, 0.3) is 11.8 Å². The predicted molar refractivity (Wildman–Crippen MR) is 131 cm³/mol. The Labute approximate surface area is 215 Å².